The molecular formula is C12H16O3P+. The van der Waals surface area contributed by atoms with Crippen molar-refractivity contribution in [3.8, 4) is 0 Å². The van der Waals surface area contributed by atoms with Gasteiger partial charge in [-0.3, -0.25) is 4.79 Å². The number of hydrogen-bond acceptors (Lipinski definition) is 3. The molecule has 0 amide bonds. The summed E-state index contributed by atoms with van der Waals surface area (Å²) < 4.78 is 16.4. The van der Waals surface area contributed by atoms with Crippen molar-refractivity contribution in [2.75, 3.05) is 7.11 Å². The van der Waals surface area contributed by atoms with Crippen molar-refractivity contribution in [1.29, 1.82) is 0 Å². The Morgan fingerprint density at radius 3 is 2.31 bits per heavy atom. The van der Waals surface area contributed by atoms with Crippen LogP contribution in [0.2, 0.25) is 0 Å². The van der Waals surface area contributed by atoms with Crippen molar-refractivity contribution < 1.29 is 13.9 Å². The van der Waals surface area contributed by atoms with Crippen LogP contribution in [0.15, 0.2) is 24.3 Å². The second-order valence-corrected chi connectivity index (χ2v) is 5.90. The number of ketones is 1. The summed E-state index contributed by atoms with van der Waals surface area (Å²) in [6, 6.07) is 6.87. The predicted molar refractivity (Wildman–Crippen MR) is 64.5 cm³/mol. The molecule has 0 aliphatic rings. The molecule has 16 heavy (non-hydrogen) atoms. The van der Waals surface area contributed by atoms with E-state index in [1.807, 2.05) is 20.8 Å². The summed E-state index contributed by atoms with van der Waals surface area (Å²) in [5, 5.41) is 0.472. The first-order valence-corrected chi connectivity index (χ1v) is 6.21. The van der Waals surface area contributed by atoms with Gasteiger partial charge in [-0.2, -0.15) is 0 Å². The van der Waals surface area contributed by atoms with Crippen LogP contribution in [0, 0.1) is 5.41 Å². The fraction of sp³-hybridized carbons (Fsp3) is 0.417. The molecule has 4 heteroatoms. The third-order valence-corrected chi connectivity index (χ3v) is 3.31. The lowest BCUT2D eigenvalue weighted by Crippen LogP contribution is -2.25. The highest BCUT2D eigenvalue weighted by atomic mass is 31.1. The lowest BCUT2D eigenvalue weighted by Gasteiger charge is -2.16. The molecule has 0 N–H and O–H groups in total. The van der Waals surface area contributed by atoms with E-state index >= 15 is 0 Å². The monoisotopic (exact) mass is 239 g/mol. The van der Waals surface area contributed by atoms with E-state index in [0.717, 1.165) is 0 Å². The van der Waals surface area contributed by atoms with Crippen molar-refractivity contribution in [3.05, 3.63) is 29.8 Å². The molecule has 0 heterocycles. The van der Waals surface area contributed by atoms with Gasteiger partial charge < -0.3 is 0 Å². The molecule has 1 atom stereocenters. The van der Waals surface area contributed by atoms with Gasteiger partial charge in [0, 0.05) is 5.41 Å². The van der Waals surface area contributed by atoms with E-state index in [-0.39, 0.29) is 5.78 Å². The zero-order valence-corrected chi connectivity index (χ0v) is 10.9. The van der Waals surface area contributed by atoms with Crippen LogP contribution in [-0.2, 0) is 9.09 Å². The molecule has 0 radical (unpaired) electrons. The minimum absolute atomic E-state index is 0.0245. The molecule has 0 aromatic heterocycles. The standard InChI is InChI=1S/C12H16O3P/c1-12(2,3)11(13)9-7-5-6-8-10(9)16(14)15-4/h5-8H,1-4H3/q+1. The zero-order valence-electron chi connectivity index (χ0n) is 9.98. The molecule has 3 nitrogen and oxygen atoms in total. The quantitative estimate of drug-likeness (QED) is 0.601. The van der Waals surface area contributed by atoms with Gasteiger partial charge in [-0.05, 0) is 16.7 Å². The van der Waals surface area contributed by atoms with Gasteiger partial charge in [0.2, 0.25) is 5.30 Å². The summed E-state index contributed by atoms with van der Waals surface area (Å²) >= 11 is 0. The molecular weight excluding hydrogens is 223 g/mol. The Balaban J connectivity index is 3.24. The molecule has 0 fully saturated rings. The Morgan fingerprint density at radius 1 is 1.25 bits per heavy atom. The van der Waals surface area contributed by atoms with Crippen LogP contribution in [0.3, 0.4) is 0 Å². The van der Waals surface area contributed by atoms with Crippen molar-refractivity contribution in [2.45, 2.75) is 20.8 Å². The first kappa shape index (κ1) is 13.0. The fourth-order valence-electron chi connectivity index (χ4n) is 1.33. The number of Topliss-reactive ketones (excluding diaryl/α,β-unsaturated/α-hetero) is 1. The van der Waals surface area contributed by atoms with Gasteiger partial charge >= 0.3 is 8.03 Å². The lowest BCUT2D eigenvalue weighted by molar-refractivity contribution is 0.0859. The average Bonchev–Trinajstić information content (AvgIpc) is 2.25. The topological polar surface area (TPSA) is 43.4 Å². The normalized spacial score (nSPS) is 12.4. The average molecular weight is 239 g/mol. The second kappa shape index (κ2) is 4.86. The van der Waals surface area contributed by atoms with Crippen LogP contribution in [-0.4, -0.2) is 12.9 Å². The summed E-state index contributed by atoms with van der Waals surface area (Å²) in [5.41, 5.74) is -0.00187. The third-order valence-electron chi connectivity index (χ3n) is 2.19. The van der Waals surface area contributed by atoms with Gasteiger partial charge in [0.05, 0.1) is 12.7 Å². The molecule has 86 valence electrons. The van der Waals surface area contributed by atoms with Crippen LogP contribution < -0.4 is 5.30 Å². The number of hydrogen-bond donors (Lipinski definition) is 0. The highest BCUT2D eigenvalue weighted by Crippen LogP contribution is 2.26. The third kappa shape index (κ3) is 2.75. The van der Waals surface area contributed by atoms with Crippen LogP contribution >= 0.6 is 8.03 Å². The number of carbonyl (C=O) groups is 1. The number of carbonyl (C=O) groups excluding carboxylic acids is 1. The lowest BCUT2D eigenvalue weighted by atomic mass is 9.86. The van der Waals surface area contributed by atoms with Crippen LogP contribution in [0.1, 0.15) is 31.1 Å². The first-order chi connectivity index (χ1) is 7.38. The maximum absolute atomic E-state index is 12.1. The molecule has 1 rings (SSSR count). The Labute approximate surface area is 96.7 Å². The first-order valence-electron chi connectivity index (χ1n) is 5.03. The maximum Gasteiger partial charge on any atom is 0.549 e. The van der Waals surface area contributed by atoms with E-state index in [2.05, 4.69) is 0 Å². The van der Waals surface area contributed by atoms with E-state index in [1.165, 1.54) is 7.11 Å². The Morgan fingerprint density at radius 2 is 1.81 bits per heavy atom. The fourth-order valence-corrected chi connectivity index (χ4v) is 2.10. The van der Waals surface area contributed by atoms with E-state index in [4.69, 9.17) is 4.52 Å². The van der Waals surface area contributed by atoms with Crippen LogP contribution in [0.25, 0.3) is 0 Å². The summed E-state index contributed by atoms with van der Waals surface area (Å²) in [7, 11) is -0.573. The van der Waals surface area contributed by atoms with Crippen molar-refractivity contribution in [2.24, 2.45) is 5.41 Å². The van der Waals surface area contributed by atoms with Crippen molar-refractivity contribution >= 4 is 19.1 Å². The molecule has 0 aliphatic carbocycles. The summed E-state index contributed by atoms with van der Waals surface area (Å²) in [6.45, 7) is 5.52. The minimum Gasteiger partial charge on any atom is -0.293 e. The van der Waals surface area contributed by atoms with E-state index in [1.54, 1.807) is 24.3 Å². The van der Waals surface area contributed by atoms with Gasteiger partial charge in [0.25, 0.3) is 0 Å². The predicted octanol–water partition coefficient (Wildman–Crippen LogP) is 2.93. The Kier molecular flexibility index (Phi) is 3.95. The van der Waals surface area contributed by atoms with E-state index in [9.17, 15) is 9.36 Å². The molecule has 1 unspecified atom stereocenters. The van der Waals surface area contributed by atoms with E-state index in [0.29, 0.717) is 10.9 Å². The molecule has 0 aliphatic heterocycles. The van der Waals surface area contributed by atoms with E-state index < -0.39 is 13.4 Å². The van der Waals surface area contributed by atoms with Crippen molar-refractivity contribution in [3.63, 3.8) is 0 Å². The second-order valence-electron chi connectivity index (χ2n) is 4.54. The Bertz CT molecular complexity index is 419. The number of benzene rings is 1. The SMILES string of the molecule is CO[P+](=O)c1ccccc1C(=O)C(C)(C)C. The van der Waals surface area contributed by atoms with Crippen LogP contribution in [0.4, 0.5) is 0 Å². The summed E-state index contributed by atoms with van der Waals surface area (Å²) in [4.78, 5) is 12.1. The maximum atomic E-state index is 12.1. The molecule has 1 aromatic rings. The van der Waals surface area contributed by atoms with Gasteiger partial charge in [0.15, 0.2) is 5.78 Å². The molecule has 0 saturated heterocycles. The Hall–Kier alpha value is -1.05. The minimum atomic E-state index is -1.94. The van der Waals surface area contributed by atoms with Gasteiger partial charge in [-0.25, -0.2) is 0 Å². The van der Waals surface area contributed by atoms with Crippen molar-refractivity contribution in [1.82, 2.24) is 0 Å². The zero-order chi connectivity index (χ0) is 12.3. The van der Waals surface area contributed by atoms with Gasteiger partial charge in [-0.1, -0.05) is 32.9 Å². The molecule has 0 saturated carbocycles. The highest BCUT2D eigenvalue weighted by molar-refractivity contribution is 7.48. The summed E-state index contributed by atoms with van der Waals surface area (Å²) in [5.74, 6) is -0.0245. The van der Waals surface area contributed by atoms with Gasteiger partial charge in [0.1, 0.15) is 0 Å². The number of rotatable bonds is 3. The van der Waals surface area contributed by atoms with Crippen LogP contribution in [0.5, 0.6) is 0 Å². The molecule has 1 aromatic carbocycles. The highest BCUT2D eigenvalue weighted by Gasteiger charge is 2.32. The van der Waals surface area contributed by atoms with Gasteiger partial charge in [-0.15, -0.1) is 4.52 Å². The molecule has 0 bridgehead atoms. The largest absolute Gasteiger partial charge is 0.549 e. The smallest absolute Gasteiger partial charge is 0.293 e. The molecule has 0 spiro atoms. The summed E-state index contributed by atoms with van der Waals surface area (Å²) in [6.07, 6.45) is 0.